The van der Waals surface area contributed by atoms with Crippen molar-refractivity contribution in [2.75, 3.05) is 31.1 Å². The van der Waals surface area contributed by atoms with E-state index in [4.69, 9.17) is 25.2 Å². The molecule has 1 aliphatic heterocycles. The first-order valence-corrected chi connectivity index (χ1v) is 13.2. The van der Waals surface area contributed by atoms with E-state index in [1.54, 1.807) is 0 Å². The summed E-state index contributed by atoms with van der Waals surface area (Å²) in [6, 6.07) is 14.1. The average Bonchev–Trinajstić information content (AvgIpc) is 2.84. The van der Waals surface area contributed by atoms with Crippen molar-refractivity contribution in [3.8, 4) is 22.9 Å². The van der Waals surface area contributed by atoms with Gasteiger partial charge in [-0.05, 0) is 64.8 Å². The number of primary amides is 1. The van der Waals surface area contributed by atoms with Gasteiger partial charge in [0.15, 0.2) is 5.82 Å². The van der Waals surface area contributed by atoms with E-state index in [-0.39, 0.29) is 24.6 Å². The molecule has 4 rings (SSSR count). The van der Waals surface area contributed by atoms with Crippen molar-refractivity contribution < 1.29 is 14.3 Å². The van der Waals surface area contributed by atoms with E-state index in [2.05, 4.69) is 48.8 Å². The molecule has 1 fully saturated rings. The molecule has 1 amide bonds. The standard InChI is InChI=1S/C30H39N5O3/c1-19(2)38-25-12-8-11-24(15-25)37-18-26-23(6)32-29(28-20(3)9-7-10-21(28)4)33-30(26)35-14-13-34(17-27(31)36)22(5)16-35/h7-12,15,19,22H,13-14,16-18H2,1-6H3,(H2,31,36)/t22-/m1/s1. The van der Waals surface area contributed by atoms with Crippen molar-refractivity contribution in [1.82, 2.24) is 14.9 Å². The van der Waals surface area contributed by atoms with Gasteiger partial charge in [-0.2, -0.15) is 0 Å². The molecule has 202 valence electrons. The minimum absolute atomic E-state index is 0.0835. The quantitative estimate of drug-likeness (QED) is 0.449. The second-order valence-electron chi connectivity index (χ2n) is 10.4. The van der Waals surface area contributed by atoms with Crippen LogP contribution in [-0.2, 0) is 11.4 Å². The molecule has 2 aromatic carbocycles. The van der Waals surface area contributed by atoms with Gasteiger partial charge in [-0.3, -0.25) is 9.69 Å². The number of carbonyl (C=O) groups excluding carboxylic acids is 1. The first-order chi connectivity index (χ1) is 18.1. The predicted molar refractivity (Wildman–Crippen MR) is 151 cm³/mol. The van der Waals surface area contributed by atoms with Crippen molar-refractivity contribution >= 4 is 11.7 Å². The lowest BCUT2D eigenvalue weighted by molar-refractivity contribution is -0.119. The Bertz CT molecular complexity index is 1270. The SMILES string of the molecule is Cc1cccc(C)c1-c1nc(C)c(COc2cccc(OC(C)C)c2)c(N2CCN(CC(N)=O)[C@H](C)C2)n1. The number of nitrogens with two attached hydrogens (primary N) is 1. The van der Waals surface area contributed by atoms with Crippen LogP contribution in [0.2, 0.25) is 0 Å². The summed E-state index contributed by atoms with van der Waals surface area (Å²) < 4.78 is 12.1. The fraction of sp³-hybridized carbons (Fsp3) is 0.433. The van der Waals surface area contributed by atoms with E-state index in [0.717, 1.165) is 70.7 Å². The normalized spacial score (nSPS) is 16.1. The van der Waals surface area contributed by atoms with Crippen molar-refractivity contribution in [2.45, 2.75) is 60.3 Å². The second kappa shape index (κ2) is 11.8. The summed E-state index contributed by atoms with van der Waals surface area (Å²) in [7, 11) is 0. The summed E-state index contributed by atoms with van der Waals surface area (Å²) in [5.74, 6) is 2.78. The van der Waals surface area contributed by atoms with Crippen LogP contribution in [0.15, 0.2) is 42.5 Å². The van der Waals surface area contributed by atoms with Gasteiger partial charge in [0.2, 0.25) is 5.91 Å². The summed E-state index contributed by atoms with van der Waals surface area (Å²) in [5, 5.41) is 0. The van der Waals surface area contributed by atoms with Crippen molar-refractivity contribution in [2.24, 2.45) is 5.73 Å². The van der Waals surface area contributed by atoms with E-state index in [1.165, 1.54) is 0 Å². The number of carbonyl (C=O) groups is 1. The van der Waals surface area contributed by atoms with Crippen LogP contribution in [0, 0.1) is 20.8 Å². The van der Waals surface area contributed by atoms with Crippen LogP contribution in [0.3, 0.4) is 0 Å². The number of anilines is 1. The van der Waals surface area contributed by atoms with Gasteiger partial charge in [0, 0.05) is 37.3 Å². The fourth-order valence-corrected chi connectivity index (χ4v) is 4.98. The Kier molecular flexibility index (Phi) is 8.52. The van der Waals surface area contributed by atoms with E-state index in [0.29, 0.717) is 6.61 Å². The Morgan fingerprint density at radius 2 is 1.74 bits per heavy atom. The molecule has 0 bridgehead atoms. The van der Waals surface area contributed by atoms with E-state index in [9.17, 15) is 4.79 Å². The predicted octanol–water partition coefficient (Wildman–Crippen LogP) is 4.43. The number of hydrogen-bond acceptors (Lipinski definition) is 7. The molecule has 2 N–H and O–H groups in total. The molecular weight excluding hydrogens is 478 g/mol. The number of amides is 1. The highest BCUT2D eigenvalue weighted by molar-refractivity contribution is 5.76. The van der Waals surface area contributed by atoms with Gasteiger partial charge in [0.05, 0.1) is 23.9 Å². The zero-order valence-electron chi connectivity index (χ0n) is 23.3. The van der Waals surface area contributed by atoms with E-state index >= 15 is 0 Å². The largest absolute Gasteiger partial charge is 0.491 e. The first-order valence-electron chi connectivity index (χ1n) is 13.2. The van der Waals surface area contributed by atoms with Crippen LogP contribution in [0.25, 0.3) is 11.4 Å². The van der Waals surface area contributed by atoms with Gasteiger partial charge >= 0.3 is 0 Å². The number of hydrogen-bond donors (Lipinski definition) is 1. The van der Waals surface area contributed by atoms with Crippen molar-refractivity contribution in [3.63, 3.8) is 0 Å². The molecule has 0 aliphatic carbocycles. The number of aryl methyl sites for hydroxylation is 3. The molecule has 8 heteroatoms. The summed E-state index contributed by atoms with van der Waals surface area (Å²) in [4.78, 5) is 26.0. The Balaban J connectivity index is 1.69. The van der Waals surface area contributed by atoms with Gasteiger partial charge in [0.1, 0.15) is 23.9 Å². The van der Waals surface area contributed by atoms with Gasteiger partial charge < -0.3 is 20.1 Å². The van der Waals surface area contributed by atoms with Gasteiger partial charge in [-0.25, -0.2) is 9.97 Å². The molecule has 1 aliphatic rings. The van der Waals surface area contributed by atoms with Crippen LogP contribution in [0.4, 0.5) is 5.82 Å². The van der Waals surface area contributed by atoms with Gasteiger partial charge in [0.25, 0.3) is 0 Å². The lowest BCUT2D eigenvalue weighted by atomic mass is 10.0. The molecule has 0 radical (unpaired) electrons. The molecule has 0 saturated carbocycles. The zero-order valence-corrected chi connectivity index (χ0v) is 23.3. The maximum absolute atomic E-state index is 11.6. The van der Waals surface area contributed by atoms with Crippen molar-refractivity contribution in [3.05, 3.63) is 64.8 Å². The maximum atomic E-state index is 11.6. The number of nitrogens with zero attached hydrogens (tertiary/aromatic N) is 4. The highest BCUT2D eigenvalue weighted by Gasteiger charge is 2.28. The van der Waals surface area contributed by atoms with Gasteiger partial charge in [-0.15, -0.1) is 0 Å². The number of aromatic nitrogens is 2. The van der Waals surface area contributed by atoms with Crippen LogP contribution < -0.4 is 20.1 Å². The number of benzene rings is 2. The second-order valence-corrected chi connectivity index (χ2v) is 10.4. The average molecular weight is 518 g/mol. The molecule has 38 heavy (non-hydrogen) atoms. The van der Waals surface area contributed by atoms with E-state index < -0.39 is 0 Å². The third kappa shape index (κ3) is 6.42. The summed E-state index contributed by atoms with van der Waals surface area (Å²) in [5.41, 5.74) is 10.7. The third-order valence-corrected chi connectivity index (χ3v) is 6.88. The molecule has 3 aromatic rings. The molecule has 0 spiro atoms. The molecule has 1 saturated heterocycles. The summed E-state index contributed by atoms with van der Waals surface area (Å²) in [6.45, 7) is 15.1. The topological polar surface area (TPSA) is 93.8 Å². The Hall–Kier alpha value is -3.65. The minimum Gasteiger partial charge on any atom is -0.491 e. The highest BCUT2D eigenvalue weighted by atomic mass is 16.5. The number of ether oxygens (including phenoxy) is 2. The van der Waals surface area contributed by atoms with Gasteiger partial charge in [-0.1, -0.05) is 24.3 Å². The van der Waals surface area contributed by atoms with Crippen LogP contribution in [0.1, 0.15) is 43.2 Å². The molecule has 1 aromatic heterocycles. The molecule has 2 heterocycles. The monoisotopic (exact) mass is 517 g/mol. The zero-order chi connectivity index (χ0) is 27.4. The smallest absolute Gasteiger partial charge is 0.231 e. The highest BCUT2D eigenvalue weighted by Crippen LogP contribution is 2.31. The lowest BCUT2D eigenvalue weighted by Gasteiger charge is -2.40. The molecule has 8 nitrogen and oxygen atoms in total. The molecular formula is C30H39N5O3. The molecule has 1 atom stereocenters. The number of rotatable bonds is 9. The minimum atomic E-state index is -0.307. The first kappa shape index (κ1) is 27.4. The Morgan fingerprint density at radius 3 is 2.39 bits per heavy atom. The van der Waals surface area contributed by atoms with Crippen LogP contribution in [0.5, 0.6) is 11.5 Å². The maximum Gasteiger partial charge on any atom is 0.231 e. The summed E-state index contributed by atoms with van der Waals surface area (Å²) >= 11 is 0. The Morgan fingerprint density at radius 1 is 1.05 bits per heavy atom. The van der Waals surface area contributed by atoms with E-state index in [1.807, 2.05) is 45.0 Å². The fourth-order valence-electron chi connectivity index (χ4n) is 4.98. The van der Waals surface area contributed by atoms with Crippen LogP contribution >= 0.6 is 0 Å². The number of piperazine rings is 1. The van der Waals surface area contributed by atoms with Crippen LogP contribution in [-0.4, -0.2) is 59.1 Å². The lowest BCUT2D eigenvalue weighted by Crippen LogP contribution is -2.54. The molecule has 0 unspecified atom stereocenters. The van der Waals surface area contributed by atoms with Crippen molar-refractivity contribution in [1.29, 1.82) is 0 Å². The summed E-state index contributed by atoms with van der Waals surface area (Å²) in [6.07, 6.45) is 0.0835. The third-order valence-electron chi connectivity index (χ3n) is 6.88. The Labute approximate surface area is 225 Å².